The molecular weight excluding hydrogens is 264 g/mol. The van der Waals surface area contributed by atoms with Crippen LogP contribution >= 0.6 is 0 Å². The number of hydrogen-bond acceptors (Lipinski definition) is 3. The quantitative estimate of drug-likeness (QED) is 0.476. The number of aromatic hydroxyl groups is 1. The Labute approximate surface area is 105 Å². The highest BCUT2D eigenvalue weighted by Crippen LogP contribution is 2.36. The number of benzene rings is 1. The zero-order valence-electron chi connectivity index (χ0n) is 9.37. The third kappa shape index (κ3) is 2.44. The third-order valence-electron chi connectivity index (χ3n) is 2.51. The first-order valence-electron chi connectivity index (χ1n) is 5.11. The molecule has 0 aliphatic carbocycles. The summed E-state index contributed by atoms with van der Waals surface area (Å²) in [6.45, 7) is 0. The minimum absolute atomic E-state index is 0.0851. The van der Waals surface area contributed by atoms with Gasteiger partial charge in [-0.15, -0.1) is 0 Å². The lowest BCUT2D eigenvalue weighted by Crippen LogP contribution is -2.05. The summed E-state index contributed by atoms with van der Waals surface area (Å²) in [6, 6.07) is 3.88. The largest absolute Gasteiger partial charge is 0.505 e. The molecule has 0 radical (unpaired) electrons. The van der Waals surface area contributed by atoms with E-state index in [-0.39, 0.29) is 16.9 Å². The third-order valence-corrected chi connectivity index (χ3v) is 2.51. The van der Waals surface area contributed by atoms with Crippen LogP contribution < -0.4 is 5.73 Å². The normalized spacial score (nSPS) is 11.6. The lowest BCUT2D eigenvalue weighted by atomic mass is 10.1. The van der Waals surface area contributed by atoms with Gasteiger partial charge < -0.3 is 10.8 Å². The Bertz CT molecular complexity index is 608. The molecule has 1 aromatic carbocycles. The molecule has 0 aliphatic rings. The molecule has 1 heterocycles. The van der Waals surface area contributed by atoms with E-state index in [0.29, 0.717) is 6.20 Å². The van der Waals surface area contributed by atoms with E-state index in [4.69, 9.17) is 5.73 Å². The van der Waals surface area contributed by atoms with Gasteiger partial charge in [-0.3, -0.25) is 4.98 Å². The van der Waals surface area contributed by atoms with Crippen molar-refractivity contribution in [3.8, 4) is 17.0 Å². The summed E-state index contributed by atoms with van der Waals surface area (Å²) in [5, 5.41) is 9.63. The maximum absolute atomic E-state index is 13.6. The second-order valence-electron chi connectivity index (χ2n) is 3.79. The van der Waals surface area contributed by atoms with Crippen molar-refractivity contribution in [1.29, 1.82) is 0 Å². The average Bonchev–Trinajstić information content (AvgIpc) is 2.34. The highest BCUT2D eigenvalue weighted by Gasteiger charge is 2.31. The van der Waals surface area contributed by atoms with Crippen LogP contribution in [0.25, 0.3) is 11.3 Å². The van der Waals surface area contributed by atoms with E-state index in [1.165, 1.54) is 0 Å². The Morgan fingerprint density at radius 1 is 1.11 bits per heavy atom. The van der Waals surface area contributed by atoms with E-state index < -0.39 is 23.3 Å². The topological polar surface area (TPSA) is 59.1 Å². The molecule has 0 bridgehead atoms. The van der Waals surface area contributed by atoms with E-state index >= 15 is 0 Å². The standard InChI is InChI=1S/C12H8F4N2O/c13-7-2-3-8(17)11(19)10(7)9-4-1-6(5-18-9)12(14,15)16/h1-5,19H,17H2. The highest BCUT2D eigenvalue weighted by atomic mass is 19.4. The van der Waals surface area contributed by atoms with Crippen LogP contribution in [0, 0.1) is 5.82 Å². The summed E-state index contributed by atoms with van der Waals surface area (Å²) in [6.07, 6.45) is -3.96. The van der Waals surface area contributed by atoms with Crippen LogP contribution in [0.3, 0.4) is 0 Å². The number of pyridine rings is 1. The van der Waals surface area contributed by atoms with E-state index in [0.717, 1.165) is 24.3 Å². The summed E-state index contributed by atoms with van der Waals surface area (Å²) in [5.74, 6) is -1.37. The number of phenolic OH excluding ortho intramolecular Hbond substituents is 1. The van der Waals surface area contributed by atoms with Crippen LogP contribution in [0.4, 0.5) is 23.2 Å². The number of halogens is 4. The smallest absolute Gasteiger partial charge is 0.417 e. The van der Waals surface area contributed by atoms with Gasteiger partial charge in [0.1, 0.15) is 5.82 Å². The van der Waals surface area contributed by atoms with Gasteiger partial charge in [0.25, 0.3) is 0 Å². The van der Waals surface area contributed by atoms with Gasteiger partial charge in [-0.2, -0.15) is 13.2 Å². The van der Waals surface area contributed by atoms with Crippen LogP contribution in [0.15, 0.2) is 30.5 Å². The van der Waals surface area contributed by atoms with E-state index in [1.807, 2.05) is 0 Å². The number of nitrogen functional groups attached to an aromatic ring is 1. The summed E-state index contributed by atoms with van der Waals surface area (Å²) >= 11 is 0. The molecule has 0 saturated carbocycles. The van der Waals surface area contributed by atoms with Crippen molar-refractivity contribution in [2.24, 2.45) is 0 Å². The second-order valence-corrected chi connectivity index (χ2v) is 3.79. The summed E-state index contributed by atoms with van der Waals surface area (Å²) < 4.78 is 50.7. The Kier molecular flexibility index (Phi) is 3.05. The number of anilines is 1. The Hall–Kier alpha value is -2.31. The van der Waals surface area contributed by atoms with Crippen LogP contribution in [-0.4, -0.2) is 10.1 Å². The fourth-order valence-corrected chi connectivity index (χ4v) is 1.54. The first kappa shape index (κ1) is 13.1. The van der Waals surface area contributed by atoms with Gasteiger partial charge in [0, 0.05) is 6.20 Å². The first-order valence-corrected chi connectivity index (χ1v) is 5.11. The molecule has 100 valence electrons. The SMILES string of the molecule is Nc1ccc(F)c(-c2ccc(C(F)(F)F)cn2)c1O. The number of alkyl halides is 3. The number of phenols is 1. The molecule has 0 unspecified atom stereocenters. The van der Waals surface area contributed by atoms with E-state index in [1.54, 1.807) is 0 Å². The number of rotatable bonds is 1. The van der Waals surface area contributed by atoms with Gasteiger partial charge in [0.15, 0.2) is 5.75 Å². The molecule has 0 spiro atoms. The molecule has 7 heteroatoms. The Morgan fingerprint density at radius 2 is 1.79 bits per heavy atom. The average molecular weight is 272 g/mol. The molecule has 2 aromatic rings. The molecule has 0 fully saturated rings. The van der Waals surface area contributed by atoms with Gasteiger partial charge in [-0.1, -0.05) is 0 Å². The van der Waals surface area contributed by atoms with Gasteiger partial charge in [0.2, 0.25) is 0 Å². The van der Waals surface area contributed by atoms with E-state index in [9.17, 15) is 22.7 Å². The van der Waals surface area contributed by atoms with Crippen molar-refractivity contribution in [2.75, 3.05) is 5.73 Å². The van der Waals surface area contributed by atoms with Gasteiger partial charge in [0.05, 0.1) is 22.5 Å². The number of nitrogens with two attached hydrogens (primary N) is 1. The molecule has 2 rings (SSSR count). The van der Waals surface area contributed by atoms with Crippen LogP contribution in [0.1, 0.15) is 5.56 Å². The number of aromatic nitrogens is 1. The van der Waals surface area contributed by atoms with Gasteiger partial charge in [-0.25, -0.2) is 4.39 Å². The van der Waals surface area contributed by atoms with Crippen molar-refractivity contribution in [2.45, 2.75) is 6.18 Å². The molecule has 1 aromatic heterocycles. The van der Waals surface area contributed by atoms with Crippen molar-refractivity contribution in [1.82, 2.24) is 4.98 Å². The molecule has 0 atom stereocenters. The zero-order valence-corrected chi connectivity index (χ0v) is 9.37. The minimum Gasteiger partial charge on any atom is -0.505 e. The van der Waals surface area contributed by atoms with E-state index in [2.05, 4.69) is 4.98 Å². The Morgan fingerprint density at radius 3 is 2.32 bits per heavy atom. The fraction of sp³-hybridized carbons (Fsp3) is 0.0833. The minimum atomic E-state index is -4.53. The molecule has 0 amide bonds. The molecular formula is C12H8F4N2O. The van der Waals surface area contributed by atoms with Crippen LogP contribution in [0.2, 0.25) is 0 Å². The first-order chi connectivity index (χ1) is 8.80. The van der Waals surface area contributed by atoms with Crippen molar-refractivity contribution < 1.29 is 22.7 Å². The van der Waals surface area contributed by atoms with Crippen LogP contribution in [-0.2, 0) is 6.18 Å². The zero-order chi connectivity index (χ0) is 14.2. The fourth-order valence-electron chi connectivity index (χ4n) is 1.54. The van der Waals surface area contributed by atoms with Crippen LogP contribution in [0.5, 0.6) is 5.75 Å². The lowest BCUT2D eigenvalue weighted by molar-refractivity contribution is -0.137. The Balaban J connectivity index is 2.52. The summed E-state index contributed by atoms with van der Waals surface area (Å²) in [5.41, 5.74) is 3.90. The summed E-state index contributed by atoms with van der Waals surface area (Å²) in [7, 11) is 0. The highest BCUT2D eigenvalue weighted by molar-refractivity contribution is 5.75. The molecule has 19 heavy (non-hydrogen) atoms. The predicted octanol–water partition coefficient (Wildman–Crippen LogP) is 3.19. The second kappa shape index (κ2) is 4.42. The van der Waals surface area contributed by atoms with Crippen molar-refractivity contribution in [3.63, 3.8) is 0 Å². The lowest BCUT2D eigenvalue weighted by Gasteiger charge is -2.09. The molecule has 3 N–H and O–H groups in total. The number of nitrogens with zero attached hydrogens (tertiary/aromatic N) is 1. The number of hydrogen-bond donors (Lipinski definition) is 2. The maximum atomic E-state index is 13.6. The molecule has 0 saturated heterocycles. The molecule has 0 aliphatic heterocycles. The molecule has 3 nitrogen and oxygen atoms in total. The summed E-state index contributed by atoms with van der Waals surface area (Å²) in [4.78, 5) is 3.50. The van der Waals surface area contributed by atoms with Gasteiger partial charge in [-0.05, 0) is 24.3 Å². The van der Waals surface area contributed by atoms with Crippen molar-refractivity contribution in [3.05, 3.63) is 41.8 Å². The van der Waals surface area contributed by atoms with Crippen molar-refractivity contribution >= 4 is 5.69 Å². The monoisotopic (exact) mass is 272 g/mol. The van der Waals surface area contributed by atoms with Gasteiger partial charge >= 0.3 is 6.18 Å². The maximum Gasteiger partial charge on any atom is 0.417 e. The predicted molar refractivity (Wildman–Crippen MR) is 60.7 cm³/mol.